The van der Waals surface area contributed by atoms with E-state index < -0.39 is 0 Å². The lowest BCUT2D eigenvalue weighted by Crippen LogP contribution is -2.11. The molecule has 0 amide bonds. The first kappa shape index (κ1) is 13.5. The molecule has 2 aromatic heterocycles. The Morgan fingerprint density at radius 3 is 2.68 bits per heavy atom. The summed E-state index contributed by atoms with van der Waals surface area (Å²) in [6.45, 7) is 8.59. The molecule has 0 aromatic carbocycles. The van der Waals surface area contributed by atoms with Gasteiger partial charge in [0.15, 0.2) is 5.78 Å². The maximum atomic E-state index is 11.9. The highest BCUT2D eigenvalue weighted by Crippen LogP contribution is 2.11. The monoisotopic (exact) mass is 260 g/mol. The lowest BCUT2D eigenvalue weighted by Gasteiger charge is -2.09. The number of hydrogen-bond donors (Lipinski definition) is 0. The number of hydrogen-bond acceptors (Lipinski definition) is 3. The molecule has 0 aliphatic heterocycles. The number of aromatic nitrogens is 4. The highest BCUT2D eigenvalue weighted by molar-refractivity contribution is 5.97. The third-order valence-electron chi connectivity index (χ3n) is 3.02. The Balaban J connectivity index is 2.16. The van der Waals surface area contributed by atoms with Crippen molar-refractivity contribution >= 4 is 5.78 Å². The Kier molecular flexibility index (Phi) is 3.83. The molecule has 19 heavy (non-hydrogen) atoms. The average molecular weight is 260 g/mol. The highest BCUT2D eigenvalue weighted by atomic mass is 16.1. The molecule has 2 heterocycles. The normalized spacial score (nSPS) is 11.5. The van der Waals surface area contributed by atoms with E-state index in [1.807, 2.05) is 41.6 Å². The number of nitrogens with zero attached hydrogens (tertiary/aromatic N) is 4. The van der Waals surface area contributed by atoms with Crippen LogP contribution in [0.2, 0.25) is 0 Å². The summed E-state index contributed by atoms with van der Waals surface area (Å²) in [5.41, 5.74) is 0.755. The van der Waals surface area contributed by atoms with Crippen molar-refractivity contribution in [2.45, 2.75) is 40.3 Å². The molecule has 0 N–H and O–H groups in total. The van der Waals surface area contributed by atoms with Crippen LogP contribution in [0, 0.1) is 5.92 Å². The summed E-state index contributed by atoms with van der Waals surface area (Å²) in [6.07, 6.45) is 5.36. The summed E-state index contributed by atoms with van der Waals surface area (Å²) >= 11 is 0. The Morgan fingerprint density at radius 1 is 1.32 bits per heavy atom. The smallest absolute Gasteiger partial charge is 0.166 e. The second kappa shape index (κ2) is 5.38. The van der Waals surface area contributed by atoms with Crippen LogP contribution in [0.25, 0.3) is 0 Å². The third-order valence-corrected chi connectivity index (χ3v) is 3.02. The van der Waals surface area contributed by atoms with E-state index in [2.05, 4.69) is 23.9 Å². The molecule has 0 aliphatic rings. The van der Waals surface area contributed by atoms with Crippen molar-refractivity contribution in [1.82, 2.24) is 19.3 Å². The van der Waals surface area contributed by atoms with Gasteiger partial charge in [-0.2, -0.15) is 5.10 Å². The van der Waals surface area contributed by atoms with Crippen molar-refractivity contribution in [2.24, 2.45) is 5.92 Å². The zero-order valence-electron chi connectivity index (χ0n) is 11.9. The Labute approximate surface area is 113 Å². The van der Waals surface area contributed by atoms with Crippen LogP contribution in [0.3, 0.4) is 0 Å². The number of ketones is 1. The predicted molar refractivity (Wildman–Crippen MR) is 73.1 cm³/mol. The van der Waals surface area contributed by atoms with E-state index in [1.54, 1.807) is 6.33 Å². The second-order valence-corrected chi connectivity index (χ2v) is 5.31. The summed E-state index contributed by atoms with van der Waals surface area (Å²) in [5.74, 6) is 1.09. The van der Waals surface area contributed by atoms with Gasteiger partial charge in [-0.1, -0.05) is 13.8 Å². The Morgan fingerprint density at radius 2 is 2.05 bits per heavy atom. The summed E-state index contributed by atoms with van der Waals surface area (Å²) in [6, 6.07) is 2.14. The van der Waals surface area contributed by atoms with Crippen LogP contribution < -0.4 is 0 Å². The van der Waals surface area contributed by atoms with Crippen molar-refractivity contribution in [3.05, 3.63) is 36.2 Å². The molecule has 5 heteroatoms. The van der Waals surface area contributed by atoms with Crippen LogP contribution in [-0.4, -0.2) is 25.1 Å². The Hall–Kier alpha value is -1.91. The van der Waals surface area contributed by atoms with Gasteiger partial charge in [-0.15, -0.1) is 0 Å². The van der Waals surface area contributed by atoms with E-state index in [1.165, 1.54) is 0 Å². The van der Waals surface area contributed by atoms with Crippen molar-refractivity contribution in [3.63, 3.8) is 0 Å². The van der Waals surface area contributed by atoms with Crippen LogP contribution in [0.4, 0.5) is 0 Å². The van der Waals surface area contributed by atoms with Gasteiger partial charge in [0.2, 0.25) is 0 Å². The molecular formula is C14H20N4O. The molecule has 0 fully saturated rings. The van der Waals surface area contributed by atoms with Crippen LogP contribution in [0.5, 0.6) is 0 Å². The fourth-order valence-corrected chi connectivity index (χ4v) is 2.00. The predicted octanol–water partition coefficient (Wildman–Crippen LogP) is 2.55. The largest absolute Gasteiger partial charge is 0.346 e. The molecule has 0 spiro atoms. The highest BCUT2D eigenvalue weighted by Gasteiger charge is 2.13. The van der Waals surface area contributed by atoms with Crippen LogP contribution in [0.15, 0.2) is 24.8 Å². The van der Waals surface area contributed by atoms with E-state index in [9.17, 15) is 4.79 Å². The first-order valence-corrected chi connectivity index (χ1v) is 6.57. The van der Waals surface area contributed by atoms with Gasteiger partial charge in [0.05, 0.1) is 6.54 Å². The van der Waals surface area contributed by atoms with Crippen LogP contribution in [0.1, 0.15) is 49.9 Å². The summed E-state index contributed by atoms with van der Waals surface area (Å²) < 4.78 is 3.86. The molecule has 0 unspecified atom stereocenters. The van der Waals surface area contributed by atoms with E-state index in [-0.39, 0.29) is 17.7 Å². The van der Waals surface area contributed by atoms with E-state index >= 15 is 0 Å². The van der Waals surface area contributed by atoms with Crippen molar-refractivity contribution in [1.29, 1.82) is 0 Å². The molecule has 0 atom stereocenters. The topological polar surface area (TPSA) is 52.7 Å². The minimum Gasteiger partial charge on any atom is -0.346 e. The molecule has 0 saturated carbocycles. The quantitative estimate of drug-likeness (QED) is 0.776. The Bertz CT molecular complexity index is 566. The van der Waals surface area contributed by atoms with Gasteiger partial charge >= 0.3 is 0 Å². The fourth-order valence-electron chi connectivity index (χ4n) is 2.00. The maximum Gasteiger partial charge on any atom is 0.166 e. The molecule has 0 radical (unpaired) electrons. The van der Waals surface area contributed by atoms with E-state index in [4.69, 9.17) is 0 Å². The lowest BCUT2D eigenvalue weighted by atomic mass is 10.0. The molecule has 0 saturated heterocycles. The molecule has 5 nitrogen and oxygen atoms in total. The standard InChI is InChI=1S/C14H20N4O/c1-10(2)14(19)12-5-6-17(7-12)8-13-15-9-16-18(13)11(3)4/h5-7,9-11H,8H2,1-4H3. The lowest BCUT2D eigenvalue weighted by molar-refractivity contribution is 0.0939. The summed E-state index contributed by atoms with van der Waals surface area (Å²) in [4.78, 5) is 16.2. The van der Waals surface area contributed by atoms with Crippen LogP contribution >= 0.6 is 0 Å². The molecule has 102 valence electrons. The molecule has 2 rings (SSSR count). The fraction of sp³-hybridized carbons (Fsp3) is 0.500. The van der Waals surface area contributed by atoms with Gasteiger partial charge in [-0.3, -0.25) is 4.79 Å². The molecule has 2 aromatic rings. The second-order valence-electron chi connectivity index (χ2n) is 5.31. The number of carbonyl (C=O) groups excluding carboxylic acids is 1. The van der Waals surface area contributed by atoms with Crippen molar-refractivity contribution in [3.8, 4) is 0 Å². The SMILES string of the molecule is CC(C)C(=O)c1ccn(Cc2ncnn2C(C)C)c1. The van der Waals surface area contributed by atoms with E-state index in [0.29, 0.717) is 6.54 Å². The van der Waals surface area contributed by atoms with E-state index in [0.717, 1.165) is 11.4 Å². The molecule has 0 bridgehead atoms. The van der Waals surface area contributed by atoms with Gasteiger partial charge in [-0.05, 0) is 19.9 Å². The number of rotatable bonds is 5. The third kappa shape index (κ3) is 2.92. The van der Waals surface area contributed by atoms with Gasteiger partial charge in [-0.25, -0.2) is 9.67 Å². The maximum absolute atomic E-state index is 11.9. The van der Waals surface area contributed by atoms with Crippen LogP contribution in [-0.2, 0) is 6.54 Å². The van der Waals surface area contributed by atoms with Gasteiger partial charge in [0, 0.05) is 29.9 Å². The molecular weight excluding hydrogens is 240 g/mol. The van der Waals surface area contributed by atoms with Gasteiger partial charge < -0.3 is 4.57 Å². The number of Topliss-reactive ketones (excluding diaryl/α,β-unsaturated/α-hetero) is 1. The molecule has 0 aliphatic carbocycles. The summed E-state index contributed by atoms with van der Waals surface area (Å²) in [7, 11) is 0. The van der Waals surface area contributed by atoms with Gasteiger partial charge in [0.25, 0.3) is 0 Å². The summed E-state index contributed by atoms with van der Waals surface area (Å²) in [5, 5.41) is 4.21. The van der Waals surface area contributed by atoms with Crippen molar-refractivity contribution < 1.29 is 4.79 Å². The minimum absolute atomic E-state index is 0.0233. The minimum atomic E-state index is 0.0233. The van der Waals surface area contributed by atoms with Crippen molar-refractivity contribution in [2.75, 3.05) is 0 Å². The van der Waals surface area contributed by atoms with Gasteiger partial charge in [0.1, 0.15) is 12.2 Å². The average Bonchev–Trinajstić information content (AvgIpc) is 2.97. The number of carbonyl (C=O) groups is 1. The zero-order chi connectivity index (χ0) is 14.0. The first-order valence-electron chi connectivity index (χ1n) is 6.57. The zero-order valence-corrected chi connectivity index (χ0v) is 11.9. The first-order chi connectivity index (χ1) is 8.99.